The summed E-state index contributed by atoms with van der Waals surface area (Å²) >= 11 is 0. The van der Waals surface area contributed by atoms with Crippen molar-refractivity contribution in [3.8, 4) is 28.5 Å². The van der Waals surface area contributed by atoms with Gasteiger partial charge in [-0.1, -0.05) is 0 Å². The molecule has 35 heavy (non-hydrogen) atoms. The van der Waals surface area contributed by atoms with Gasteiger partial charge in [0.1, 0.15) is 41.7 Å². The molecule has 1 aliphatic heterocycles. The molecule has 0 unspecified atom stereocenters. The van der Waals surface area contributed by atoms with E-state index in [2.05, 4.69) is 15.0 Å². The molecule has 10 nitrogen and oxygen atoms in total. The van der Waals surface area contributed by atoms with Gasteiger partial charge >= 0.3 is 0 Å². The Balaban J connectivity index is 1.63. The number of sulfone groups is 1. The van der Waals surface area contributed by atoms with E-state index >= 15 is 0 Å². The van der Waals surface area contributed by atoms with Crippen LogP contribution in [0.2, 0.25) is 0 Å². The van der Waals surface area contributed by atoms with Gasteiger partial charge in [0.05, 0.1) is 19.4 Å². The summed E-state index contributed by atoms with van der Waals surface area (Å²) in [5, 5.41) is 9.26. The number of aromatic amines is 1. The number of rotatable bonds is 10. The van der Waals surface area contributed by atoms with Gasteiger partial charge in [-0.05, 0) is 43.3 Å². The molecule has 0 saturated carbocycles. The first-order valence-electron chi connectivity index (χ1n) is 10.9. The summed E-state index contributed by atoms with van der Waals surface area (Å²) in [5.74, 6) is 1.86. The first kappa shape index (κ1) is 24.7. The van der Waals surface area contributed by atoms with Crippen LogP contribution in [0.3, 0.4) is 0 Å². The number of H-pyrrole nitrogens is 1. The zero-order chi connectivity index (χ0) is 25.0. The zero-order valence-electron chi connectivity index (χ0n) is 19.6. The summed E-state index contributed by atoms with van der Waals surface area (Å²) in [7, 11) is -1.80. The van der Waals surface area contributed by atoms with E-state index in [4.69, 9.17) is 18.9 Å². The Hall–Kier alpha value is -3.41. The highest BCUT2D eigenvalue weighted by molar-refractivity contribution is 7.90. The van der Waals surface area contributed by atoms with Crippen molar-refractivity contribution in [3.63, 3.8) is 0 Å². The molecule has 1 aromatic carbocycles. The SMILES string of the molecule is COC[C@H](C)Oc1cc(Oc2ccc(S(C)(=O)=O)nc2)cc(-c2ccc(C3=N[C@H](CO)CO3)[nH]2)c1. The molecule has 3 aromatic rings. The quantitative estimate of drug-likeness (QED) is 0.433. The molecule has 2 N–H and O–H groups in total. The van der Waals surface area contributed by atoms with E-state index < -0.39 is 9.84 Å². The number of ether oxygens (including phenoxy) is 4. The lowest BCUT2D eigenvalue weighted by atomic mass is 10.1. The summed E-state index contributed by atoms with van der Waals surface area (Å²) < 4.78 is 46.1. The van der Waals surface area contributed by atoms with Gasteiger partial charge in [0.25, 0.3) is 0 Å². The van der Waals surface area contributed by atoms with Gasteiger partial charge < -0.3 is 29.0 Å². The lowest BCUT2D eigenvalue weighted by molar-refractivity contribution is 0.0920. The second-order valence-corrected chi connectivity index (χ2v) is 10.1. The minimum absolute atomic E-state index is 0.0320. The topological polar surface area (TPSA) is 132 Å². The number of methoxy groups -OCH3 is 1. The van der Waals surface area contributed by atoms with Gasteiger partial charge in [-0.25, -0.2) is 18.4 Å². The molecule has 1 aliphatic rings. The fourth-order valence-corrected chi connectivity index (χ4v) is 4.04. The molecule has 186 valence electrons. The van der Waals surface area contributed by atoms with Crippen molar-refractivity contribution in [2.45, 2.75) is 24.1 Å². The number of aromatic nitrogens is 2. The Labute approximate surface area is 203 Å². The normalized spacial score (nSPS) is 16.5. The first-order valence-corrected chi connectivity index (χ1v) is 12.8. The number of nitrogens with zero attached hydrogens (tertiary/aromatic N) is 2. The number of hydrogen-bond acceptors (Lipinski definition) is 9. The van der Waals surface area contributed by atoms with Crippen LogP contribution in [0.4, 0.5) is 0 Å². The van der Waals surface area contributed by atoms with Crippen molar-refractivity contribution >= 4 is 15.7 Å². The highest BCUT2D eigenvalue weighted by Gasteiger charge is 2.21. The van der Waals surface area contributed by atoms with E-state index in [0.717, 1.165) is 17.5 Å². The molecule has 0 amide bonds. The number of aliphatic imine (C=N–C) groups is 1. The molecular weight excluding hydrogens is 474 g/mol. The molecule has 0 fully saturated rings. The molecule has 4 rings (SSSR count). The number of aliphatic hydroxyl groups is 1. The highest BCUT2D eigenvalue weighted by atomic mass is 32.2. The van der Waals surface area contributed by atoms with Crippen LogP contribution in [-0.2, 0) is 19.3 Å². The predicted molar refractivity (Wildman–Crippen MR) is 129 cm³/mol. The van der Waals surface area contributed by atoms with Crippen LogP contribution in [0.25, 0.3) is 11.3 Å². The van der Waals surface area contributed by atoms with E-state index in [1.807, 2.05) is 31.2 Å². The summed E-state index contributed by atoms with van der Waals surface area (Å²) in [6, 6.07) is 11.8. The number of benzene rings is 1. The fourth-order valence-electron chi connectivity index (χ4n) is 3.48. The number of nitrogens with one attached hydrogen (secondary N) is 1. The molecule has 0 radical (unpaired) electrons. The summed E-state index contributed by atoms with van der Waals surface area (Å²) in [6.07, 6.45) is 2.26. The van der Waals surface area contributed by atoms with E-state index in [1.165, 1.54) is 12.3 Å². The Kier molecular flexibility index (Phi) is 7.39. The minimum atomic E-state index is -3.41. The molecule has 0 aliphatic carbocycles. The monoisotopic (exact) mass is 501 g/mol. The van der Waals surface area contributed by atoms with Gasteiger partial charge in [0.15, 0.2) is 14.9 Å². The zero-order valence-corrected chi connectivity index (χ0v) is 20.4. The van der Waals surface area contributed by atoms with E-state index in [9.17, 15) is 13.5 Å². The molecular formula is C24H27N3O7S. The Morgan fingerprint density at radius 2 is 1.91 bits per heavy atom. The Morgan fingerprint density at radius 3 is 2.57 bits per heavy atom. The van der Waals surface area contributed by atoms with Crippen molar-refractivity contribution in [1.82, 2.24) is 9.97 Å². The molecule has 2 atom stereocenters. The molecule has 0 bridgehead atoms. The predicted octanol–water partition coefficient (Wildman–Crippen LogP) is 2.82. The third-order valence-electron chi connectivity index (χ3n) is 5.09. The summed E-state index contributed by atoms with van der Waals surface area (Å²) in [4.78, 5) is 11.6. The van der Waals surface area contributed by atoms with Crippen molar-refractivity contribution in [3.05, 3.63) is 54.4 Å². The third kappa shape index (κ3) is 6.18. The second-order valence-electron chi connectivity index (χ2n) is 8.15. The number of hydrogen-bond donors (Lipinski definition) is 2. The molecule has 0 saturated heterocycles. The van der Waals surface area contributed by atoms with E-state index in [1.54, 1.807) is 19.2 Å². The van der Waals surface area contributed by atoms with E-state index in [-0.39, 0.29) is 23.8 Å². The van der Waals surface area contributed by atoms with Gasteiger partial charge in [0.2, 0.25) is 5.90 Å². The lowest BCUT2D eigenvalue weighted by Gasteiger charge is -2.16. The Morgan fingerprint density at radius 1 is 1.14 bits per heavy atom. The van der Waals surface area contributed by atoms with E-state index in [0.29, 0.717) is 42.1 Å². The molecule has 0 spiro atoms. The van der Waals surface area contributed by atoms with Crippen LogP contribution in [-0.4, -0.2) is 74.7 Å². The van der Waals surface area contributed by atoms with Crippen molar-refractivity contribution < 1.29 is 32.5 Å². The number of aliphatic hydroxyl groups excluding tert-OH is 1. The standard InChI is InChI=1S/C24H27N3O7S/c1-15(13-31-2)33-19-8-16(21-5-6-22(27-21)24-26-17(12-28)14-32-24)9-20(10-19)34-18-4-7-23(25-11-18)35(3,29)30/h4-11,15,17,27-28H,12-14H2,1-3H3/t15-,17+/m0/s1. The minimum Gasteiger partial charge on any atom is -0.488 e. The molecule has 2 aromatic heterocycles. The van der Waals surface area contributed by atoms with Crippen LogP contribution in [0.5, 0.6) is 17.2 Å². The average Bonchev–Trinajstić information content (AvgIpc) is 3.48. The van der Waals surface area contributed by atoms with Crippen LogP contribution in [0.1, 0.15) is 12.6 Å². The summed E-state index contributed by atoms with van der Waals surface area (Å²) in [5.41, 5.74) is 2.25. The molecule has 3 heterocycles. The van der Waals surface area contributed by atoms with Crippen molar-refractivity contribution in [2.75, 3.05) is 33.2 Å². The van der Waals surface area contributed by atoms with Gasteiger partial charge in [-0.15, -0.1) is 0 Å². The highest BCUT2D eigenvalue weighted by Crippen LogP contribution is 2.33. The third-order valence-corrected chi connectivity index (χ3v) is 6.10. The number of pyridine rings is 1. The van der Waals surface area contributed by atoms with Crippen LogP contribution < -0.4 is 9.47 Å². The largest absolute Gasteiger partial charge is 0.488 e. The van der Waals surface area contributed by atoms with Crippen LogP contribution in [0, 0.1) is 0 Å². The first-order chi connectivity index (χ1) is 16.7. The van der Waals surface area contributed by atoms with Crippen LogP contribution >= 0.6 is 0 Å². The lowest BCUT2D eigenvalue weighted by Crippen LogP contribution is -2.17. The summed E-state index contributed by atoms with van der Waals surface area (Å²) in [6.45, 7) is 2.57. The smallest absolute Gasteiger partial charge is 0.233 e. The second kappa shape index (κ2) is 10.5. The van der Waals surface area contributed by atoms with Gasteiger partial charge in [-0.3, -0.25) is 0 Å². The maximum Gasteiger partial charge on any atom is 0.233 e. The van der Waals surface area contributed by atoms with Gasteiger partial charge in [-0.2, -0.15) is 0 Å². The Bertz CT molecular complexity index is 1300. The maximum absolute atomic E-state index is 11.7. The maximum atomic E-state index is 11.7. The fraction of sp³-hybridized carbons (Fsp3) is 0.333. The average molecular weight is 502 g/mol. The van der Waals surface area contributed by atoms with Crippen LogP contribution in [0.15, 0.2) is 58.7 Å². The molecule has 11 heteroatoms. The van der Waals surface area contributed by atoms with Crippen molar-refractivity contribution in [1.29, 1.82) is 0 Å². The van der Waals surface area contributed by atoms with Gasteiger partial charge in [0, 0.05) is 30.7 Å². The van der Waals surface area contributed by atoms with Crippen molar-refractivity contribution in [2.24, 2.45) is 4.99 Å².